The van der Waals surface area contributed by atoms with E-state index in [1.165, 1.54) is 21.7 Å². The van der Waals surface area contributed by atoms with Gasteiger partial charge >= 0.3 is 12.3 Å². The number of carboxylic acid groups (broad SMARTS) is 1. The molecule has 12 heteroatoms. The molecule has 2 heterocycles. The third kappa shape index (κ3) is 5.38. The topological polar surface area (TPSA) is 122 Å². The van der Waals surface area contributed by atoms with E-state index in [0.29, 0.717) is 16.8 Å². The number of alkyl halides is 3. The minimum Gasteiger partial charge on any atom is -0.465 e. The second-order valence-corrected chi connectivity index (χ2v) is 9.53. The van der Waals surface area contributed by atoms with Gasteiger partial charge in [0.2, 0.25) is 5.95 Å². The van der Waals surface area contributed by atoms with E-state index in [1.807, 2.05) is 12.1 Å². The molecule has 1 aliphatic heterocycles. The second kappa shape index (κ2) is 11.1. The Balaban J connectivity index is 1.65. The molecule has 0 spiro atoms. The Kier molecular flexibility index (Phi) is 7.38. The maximum Gasteiger partial charge on any atom is 0.416 e. The summed E-state index contributed by atoms with van der Waals surface area (Å²) in [6, 6.07) is 23.5. The van der Waals surface area contributed by atoms with E-state index in [0.717, 1.165) is 22.6 Å². The number of carbonyl (C=O) groups is 1. The van der Waals surface area contributed by atoms with Crippen LogP contribution in [0.1, 0.15) is 41.0 Å². The molecule has 1 N–H and O–H groups in total. The van der Waals surface area contributed by atoms with Crippen molar-refractivity contribution in [3.63, 3.8) is 0 Å². The Morgan fingerprint density at radius 2 is 1.71 bits per heavy atom. The highest BCUT2D eigenvalue weighted by atomic mass is 19.4. The number of allylic oxidation sites excluding steroid dienone is 2. The number of rotatable bonds is 6. The average molecular weight is 570 g/mol. The Morgan fingerprint density at radius 1 is 1.00 bits per heavy atom. The van der Waals surface area contributed by atoms with E-state index in [9.17, 15) is 33.6 Å². The van der Waals surface area contributed by atoms with Crippen LogP contribution in [0.4, 0.5) is 29.6 Å². The van der Waals surface area contributed by atoms with Gasteiger partial charge in [-0.1, -0.05) is 48.5 Å². The van der Waals surface area contributed by atoms with Crippen LogP contribution < -0.4 is 4.90 Å². The molecule has 1 atom stereocenters. The summed E-state index contributed by atoms with van der Waals surface area (Å²) >= 11 is 0. The molecule has 9 nitrogen and oxygen atoms in total. The molecule has 4 aromatic rings. The van der Waals surface area contributed by atoms with Crippen LogP contribution in [0.3, 0.4) is 0 Å². The van der Waals surface area contributed by atoms with Gasteiger partial charge in [0.25, 0.3) is 0 Å². The number of nitriles is 2. The predicted molar refractivity (Wildman–Crippen MR) is 145 cm³/mol. The minimum absolute atomic E-state index is 0.0527. The van der Waals surface area contributed by atoms with Crippen LogP contribution in [0.5, 0.6) is 0 Å². The number of aromatic nitrogens is 3. The van der Waals surface area contributed by atoms with Crippen molar-refractivity contribution in [2.75, 3.05) is 4.90 Å². The van der Waals surface area contributed by atoms with Crippen molar-refractivity contribution < 1.29 is 23.1 Å². The molecule has 1 aromatic heterocycles. The van der Waals surface area contributed by atoms with Crippen molar-refractivity contribution in [3.8, 4) is 12.1 Å². The highest BCUT2D eigenvalue weighted by molar-refractivity contribution is 5.69. The quantitative estimate of drug-likeness (QED) is 0.286. The predicted octanol–water partition coefficient (Wildman–Crippen LogP) is 6.39. The third-order valence-corrected chi connectivity index (χ3v) is 6.83. The van der Waals surface area contributed by atoms with Gasteiger partial charge in [-0.15, -0.1) is 0 Å². The highest BCUT2D eigenvalue weighted by Crippen LogP contribution is 2.43. The van der Waals surface area contributed by atoms with E-state index < -0.39 is 23.9 Å². The van der Waals surface area contributed by atoms with E-state index >= 15 is 0 Å². The lowest BCUT2D eigenvalue weighted by Gasteiger charge is -2.34. The van der Waals surface area contributed by atoms with Crippen LogP contribution in [-0.2, 0) is 19.3 Å². The van der Waals surface area contributed by atoms with Gasteiger partial charge in [0.05, 0.1) is 35.4 Å². The fourth-order valence-electron chi connectivity index (χ4n) is 4.83. The van der Waals surface area contributed by atoms with Crippen molar-refractivity contribution >= 4 is 17.7 Å². The standard InChI is InChI=1S/C30H22F3N7O2/c1-19-25(16-35)27(22-12-10-20(15-34)11-13-22)40-28(39(19)24-9-5-8-23(14-24)30(31,32)33)36-26(37-40)18-38(29(41)42)17-21-6-3-2-4-7-21/h2-14,27H,17-18H2,1H3,(H,41,42)/t27-/m1/s1. The Bertz CT molecular complexity index is 1750. The van der Waals surface area contributed by atoms with Gasteiger partial charge in [-0.25, -0.2) is 9.48 Å². The molecule has 0 unspecified atom stereocenters. The molecule has 0 saturated carbocycles. The molecule has 0 fully saturated rings. The zero-order valence-electron chi connectivity index (χ0n) is 22.1. The van der Waals surface area contributed by atoms with Crippen molar-refractivity contribution in [2.45, 2.75) is 32.2 Å². The lowest BCUT2D eigenvalue weighted by Crippen LogP contribution is -2.31. The minimum atomic E-state index is -4.61. The number of hydrogen-bond acceptors (Lipinski definition) is 6. The summed E-state index contributed by atoms with van der Waals surface area (Å²) in [6.45, 7) is 1.44. The first kappa shape index (κ1) is 27.9. The smallest absolute Gasteiger partial charge is 0.416 e. The van der Waals surface area contributed by atoms with Crippen LogP contribution in [0, 0.1) is 22.7 Å². The number of halogens is 3. The fraction of sp³-hybridized carbons (Fsp3) is 0.167. The SMILES string of the molecule is CC1=C(C#N)[C@@H](c2ccc(C#N)cc2)n2nc(CN(Cc3ccccc3)C(=O)O)nc2N1c1cccc(C(F)(F)F)c1. The van der Waals surface area contributed by atoms with Crippen molar-refractivity contribution in [1.82, 2.24) is 19.7 Å². The summed E-state index contributed by atoms with van der Waals surface area (Å²) in [7, 11) is 0. The van der Waals surface area contributed by atoms with Gasteiger partial charge in [0.15, 0.2) is 5.82 Å². The molecule has 3 aromatic carbocycles. The molecule has 0 aliphatic carbocycles. The third-order valence-electron chi connectivity index (χ3n) is 6.83. The van der Waals surface area contributed by atoms with E-state index in [-0.39, 0.29) is 36.1 Å². The maximum atomic E-state index is 13.6. The van der Waals surface area contributed by atoms with Crippen LogP contribution in [-0.4, -0.2) is 30.9 Å². The summed E-state index contributed by atoms with van der Waals surface area (Å²) < 4.78 is 42.3. The van der Waals surface area contributed by atoms with E-state index in [4.69, 9.17) is 0 Å². The van der Waals surface area contributed by atoms with Gasteiger partial charge in [-0.3, -0.25) is 9.80 Å². The van der Waals surface area contributed by atoms with Crippen LogP contribution in [0.15, 0.2) is 90.1 Å². The Labute approximate surface area is 238 Å². The molecule has 1 aliphatic rings. The number of anilines is 2. The lowest BCUT2D eigenvalue weighted by molar-refractivity contribution is -0.137. The molecule has 5 rings (SSSR count). The van der Waals surface area contributed by atoms with Gasteiger partial charge in [0.1, 0.15) is 6.04 Å². The lowest BCUT2D eigenvalue weighted by atomic mass is 9.95. The molecule has 42 heavy (non-hydrogen) atoms. The van der Waals surface area contributed by atoms with Crippen LogP contribution >= 0.6 is 0 Å². The summed E-state index contributed by atoms with van der Waals surface area (Å²) in [5, 5.41) is 34.0. The van der Waals surface area contributed by atoms with Crippen molar-refractivity contribution in [1.29, 1.82) is 10.5 Å². The molecule has 1 amide bonds. The first-order valence-electron chi connectivity index (χ1n) is 12.7. The zero-order chi connectivity index (χ0) is 30.0. The first-order valence-corrected chi connectivity index (χ1v) is 12.7. The number of fused-ring (bicyclic) bond motifs is 1. The van der Waals surface area contributed by atoms with E-state index in [2.05, 4.69) is 16.2 Å². The first-order chi connectivity index (χ1) is 20.1. The normalized spacial score (nSPS) is 14.6. The largest absolute Gasteiger partial charge is 0.465 e. The monoisotopic (exact) mass is 569 g/mol. The fourth-order valence-corrected chi connectivity index (χ4v) is 4.83. The molecule has 0 bridgehead atoms. The van der Waals surface area contributed by atoms with Gasteiger partial charge in [-0.2, -0.15) is 33.8 Å². The summed E-state index contributed by atoms with van der Waals surface area (Å²) in [5.41, 5.74) is 1.48. The number of benzene rings is 3. The molecule has 210 valence electrons. The van der Waals surface area contributed by atoms with Crippen molar-refractivity contribution in [2.24, 2.45) is 0 Å². The second-order valence-electron chi connectivity index (χ2n) is 9.53. The van der Waals surface area contributed by atoms with E-state index in [1.54, 1.807) is 55.5 Å². The van der Waals surface area contributed by atoms with Gasteiger partial charge in [-0.05, 0) is 48.4 Å². The van der Waals surface area contributed by atoms with Crippen LogP contribution in [0.2, 0.25) is 0 Å². The molecule has 0 radical (unpaired) electrons. The van der Waals surface area contributed by atoms with Crippen molar-refractivity contribution in [3.05, 3.63) is 118 Å². The average Bonchev–Trinajstić information content (AvgIpc) is 3.39. The zero-order valence-corrected chi connectivity index (χ0v) is 22.1. The van der Waals surface area contributed by atoms with Crippen LogP contribution in [0.25, 0.3) is 0 Å². The molecular formula is C30H22F3N7O2. The maximum absolute atomic E-state index is 13.6. The van der Waals surface area contributed by atoms with Gasteiger partial charge < -0.3 is 5.11 Å². The molecular weight excluding hydrogens is 547 g/mol. The Morgan fingerprint density at radius 3 is 2.33 bits per heavy atom. The number of amides is 1. The Hall–Kier alpha value is -5.62. The number of hydrogen-bond donors (Lipinski definition) is 1. The summed E-state index contributed by atoms with van der Waals surface area (Å²) in [6.07, 6.45) is -5.82. The molecule has 0 saturated heterocycles. The van der Waals surface area contributed by atoms with Gasteiger partial charge in [0, 0.05) is 17.9 Å². The summed E-state index contributed by atoms with van der Waals surface area (Å²) in [5.74, 6) is 0.200. The summed E-state index contributed by atoms with van der Waals surface area (Å²) in [4.78, 5) is 19.3. The number of nitrogens with zero attached hydrogens (tertiary/aromatic N) is 7. The highest BCUT2D eigenvalue weighted by Gasteiger charge is 2.37.